The molecule has 0 aromatic heterocycles. The average molecular weight is 736 g/mol. The van der Waals surface area contributed by atoms with Crippen LogP contribution in [-0.4, -0.2) is 60.4 Å². The molecule has 0 aliphatic rings. The lowest BCUT2D eigenvalue weighted by molar-refractivity contribution is -0.149. The Morgan fingerprint density at radius 1 is 0.635 bits per heavy atom. The molecule has 9 nitrogen and oxygen atoms in total. The van der Waals surface area contributed by atoms with Gasteiger partial charge in [0.1, 0.15) is 6.61 Å². The van der Waals surface area contributed by atoms with Crippen LogP contribution in [-0.2, 0) is 19.1 Å². The Balaban J connectivity index is 5.29. The predicted octanol–water partition coefficient (Wildman–Crippen LogP) is 9.89. The number of carboxylic acid groups (broad SMARTS) is 1. The van der Waals surface area contributed by atoms with Crippen LogP contribution in [0.25, 0.3) is 0 Å². The molecule has 0 saturated heterocycles. The number of aliphatic carboxylic acids is 1. The van der Waals surface area contributed by atoms with E-state index >= 15 is 0 Å². The van der Waals surface area contributed by atoms with Gasteiger partial charge >= 0.3 is 11.9 Å². The van der Waals surface area contributed by atoms with Crippen molar-refractivity contribution in [2.24, 2.45) is 23.7 Å². The molecule has 52 heavy (non-hydrogen) atoms. The average Bonchev–Trinajstić information content (AvgIpc) is 3.14. The van der Waals surface area contributed by atoms with E-state index in [1.165, 1.54) is 51.4 Å². The number of esters is 1. The monoisotopic (exact) mass is 736 g/mol. The number of carbonyl (C=O) groups excluding carboxylic acids is 2. The van der Waals surface area contributed by atoms with Crippen molar-refractivity contribution in [1.82, 2.24) is 10.6 Å². The number of aliphatic hydroxyl groups is 1. The number of rotatable bonds is 38. The number of nitriles is 1. The number of hydrogen-bond acceptors (Lipinski definition) is 7. The molecule has 5 atom stereocenters. The van der Waals surface area contributed by atoms with Gasteiger partial charge in [0.2, 0.25) is 5.91 Å². The minimum atomic E-state index is -0.641. The first kappa shape index (κ1) is 49.8. The fourth-order valence-corrected chi connectivity index (χ4v) is 7.53. The smallest absolute Gasteiger partial charge is 0.308 e. The van der Waals surface area contributed by atoms with E-state index in [0.717, 1.165) is 103 Å². The number of carbonyl (C=O) groups is 3. The van der Waals surface area contributed by atoms with Gasteiger partial charge in [0.25, 0.3) is 0 Å². The Labute approximate surface area is 319 Å². The third-order valence-corrected chi connectivity index (χ3v) is 10.9. The standard InChI is InChI=1S/C43H81N3O6/c1-5-9-12-14-15-19-25-39(43(51)52-35-33-46-41(48)40(45-32-34-47)28-20-16-21-31-44)27-22-26-36(8-4)37(23-17-11-7-3)29-30-38(42(49)50)24-18-13-10-6-2/h36-40,45,47H,5-30,32-35H2,1-4H3,(H,46,48)(H,49,50)/t36?,37?,38?,39?,40-/m0/s1. The number of ether oxygens (including phenoxy) is 1. The van der Waals surface area contributed by atoms with Gasteiger partial charge in [-0.1, -0.05) is 143 Å². The molecule has 0 aliphatic carbocycles. The molecule has 0 aliphatic heterocycles. The van der Waals surface area contributed by atoms with Crippen molar-refractivity contribution < 1.29 is 29.3 Å². The first-order valence-corrected chi connectivity index (χ1v) is 21.7. The largest absolute Gasteiger partial charge is 0.481 e. The van der Waals surface area contributed by atoms with Gasteiger partial charge in [0, 0.05) is 13.0 Å². The topological polar surface area (TPSA) is 149 Å². The maximum absolute atomic E-state index is 13.4. The fourth-order valence-electron chi connectivity index (χ4n) is 7.53. The highest BCUT2D eigenvalue weighted by Crippen LogP contribution is 2.34. The molecule has 0 spiro atoms. The van der Waals surface area contributed by atoms with Gasteiger partial charge < -0.3 is 25.6 Å². The van der Waals surface area contributed by atoms with E-state index in [1.54, 1.807) is 0 Å². The van der Waals surface area contributed by atoms with Crippen molar-refractivity contribution in [3.63, 3.8) is 0 Å². The van der Waals surface area contributed by atoms with Gasteiger partial charge in [-0.2, -0.15) is 5.26 Å². The normalized spacial score (nSPS) is 14.2. The summed E-state index contributed by atoms with van der Waals surface area (Å²) in [6.45, 7) is 9.50. The van der Waals surface area contributed by atoms with E-state index in [-0.39, 0.29) is 43.5 Å². The molecule has 0 saturated carbocycles. The van der Waals surface area contributed by atoms with E-state index in [9.17, 15) is 24.6 Å². The molecule has 1 amide bonds. The Morgan fingerprint density at radius 3 is 1.83 bits per heavy atom. The van der Waals surface area contributed by atoms with Crippen LogP contribution >= 0.6 is 0 Å². The summed E-state index contributed by atoms with van der Waals surface area (Å²) < 4.78 is 5.75. The molecule has 0 bridgehead atoms. The van der Waals surface area contributed by atoms with Gasteiger partial charge in [-0.3, -0.25) is 14.4 Å². The highest BCUT2D eigenvalue weighted by atomic mass is 16.5. The van der Waals surface area contributed by atoms with Crippen molar-refractivity contribution in [2.45, 2.75) is 201 Å². The Kier molecular flexibility index (Phi) is 34.3. The van der Waals surface area contributed by atoms with E-state index < -0.39 is 12.0 Å². The van der Waals surface area contributed by atoms with Gasteiger partial charge in [0.15, 0.2) is 0 Å². The summed E-state index contributed by atoms with van der Waals surface area (Å²) in [5, 5.41) is 33.9. The Morgan fingerprint density at radius 2 is 1.19 bits per heavy atom. The summed E-state index contributed by atoms with van der Waals surface area (Å²) in [6.07, 6.45) is 25.9. The number of nitrogens with zero attached hydrogens (tertiary/aromatic N) is 1. The predicted molar refractivity (Wildman–Crippen MR) is 213 cm³/mol. The maximum Gasteiger partial charge on any atom is 0.308 e. The van der Waals surface area contributed by atoms with Gasteiger partial charge in [-0.25, -0.2) is 0 Å². The SMILES string of the molecule is CCCCCCCCC(CCCC(CC)C(CCCCC)CCC(CCCCCC)C(=O)O)C(=O)OCCNC(=O)[C@H](CCCCC#N)NCCO. The molecule has 4 unspecified atom stereocenters. The minimum absolute atomic E-state index is 0.0670. The summed E-state index contributed by atoms with van der Waals surface area (Å²) in [5.74, 6) is -0.358. The molecular formula is C43H81N3O6. The summed E-state index contributed by atoms with van der Waals surface area (Å²) in [7, 11) is 0. The second-order valence-electron chi connectivity index (χ2n) is 15.2. The first-order chi connectivity index (χ1) is 25.3. The molecule has 0 heterocycles. The van der Waals surface area contributed by atoms with Crippen LogP contribution in [0.3, 0.4) is 0 Å². The number of unbranched alkanes of at least 4 members (excludes halogenated alkanes) is 12. The number of aliphatic hydroxyl groups excluding tert-OH is 1. The van der Waals surface area contributed by atoms with Gasteiger partial charge in [0.05, 0.1) is 37.1 Å². The molecule has 0 radical (unpaired) electrons. The summed E-state index contributed by atoms with van der Waals surface area (Å²) in [5.41, 5.74) is 0. The third-order valence-electron chi connectivity index (χ3n) is 10.9. The number of nitrogens with one attached hydrogen (secondary N) is 2. The van der Waals surface area contributed by atoms with E-state index in [0.29, 0.717) is 31.2 Å². The molecule has 0 aromatic carbocycles. The summed E-state index contributed by atoms with van der Waals surface area (Å²) in [6, 6.07) is 1.67. The fraction of sp³-hybridized carbons (Fsp3) is 0.907. The molecule has 0 aromatic rings. The Bertz CT molecular complexity index is 910. The maximum atomic E-state index is 13.4. The van der Waals surface area contributed by atoms with Crippen LogP contribution in [0.4, 0.5) is 0 Å². The van der Waals surface area contributed by atoms with Crippen molar-refractivity contribution in [3.05, 3.63) is 0 Å². The minimum Gasteiger partial charge on any atom is -0.481 e. The molecule has 304 valence electrons. The van der Waals surface area contributed by atoms with E-state index in [1.807, 2.05) is 0 Å². The highest BCUT2D eigenvalue weighted by Gasteiger charge is 2.26. The summed E-state index contributed by atoms with van der Waals surface area (Å²) >= 11 is 0. The van der Waals surface area contributed by atoms with Crippen molar-refractivity contribution in [3.8, 4) is 6.07 Å². The molecule has 0 fully saturated rings. The van der Waals surface area contributed by atoms with Crippen LogP contribution in [0.15, 0.2) is 0 Å². The van der Waals surface area contributed by atoms with Crippen LogP contribution in [0.1, 0.15) is 195 Å². The zero-order valence-corrected chi connectivity index (χ0v) is 34.1. The van der Waals surface area contributed by atoms with Crippen molar-refractivity contribution in [2.75, 3.05) is 26.3 Å². The second-order valence-corrected chi connectivity index (χ2v) is 15.2. The lowest BCUT2D eigenvalue weighted by atomic mass is 9.77. The van der Waals surface area contributed by atoms with Crippen molar-refractivity contribution in [1.29, 1.82) is 5.26 Å². The molecule has 4 N–H and O–H groups in total. The first-order valence-electron chi connectivity index (χ1n) is 21.7. The molecule has 9 heteroatoms. The van der Waals surface area contributed by atoms with Crippen LogP contribution in [0.2, 0.25) is 0 Å². The van der Waals surface area contributed by atoms with Crippen LogP contribution < -0.4 is 10.6 Å². The number of amides is 1. The van der Waals surface area contributed by atoms with Crippen molar-refractivity contribution >= 4 is 17.8 Å². The number of carboxylic acids is 1. The molecular weight excluding hydrogens is 654 g/mol. The van der Waals surface area contributed by atoms with Crippen LogP contribution in [0, 0.1) is 35.0 Å². The summed E-state index contributed by atoms with van der Waals surface area (Å²) in [4.78, 5) is 38.3. The quantitative estimate of drug-likeness (QED) is 0.0362. The lowest BCUT2D eigenvalue weighted by Gasteiger charge is -2.28. The zero-order chi connectivity index (χ0) is 38.7. The molecule has 0 rings (SSSR count). The van der Waals surface area contributed by atoms with Crippen LogP contribution in [0.5, 0.6) is 0 Å². The highest BCUT2D eigenvalue weighted by molar-refractivity contribution is 5.81. The third kappa shape index (κ3) is 26.6. The number of hydrogen-bond donors (Lipinski definition) is 4. The van der Waals surface area contributed by atoms with Gasteiger partial charge in [-0.15, -0.1) is 0 Å². The second kappa shape index (κ2) is 35.8. The van der Waals surface area contributed by atoms with E-state index in [4.69, 9.17) is 10.00 Å². The lowest BCUT2D eigenvalue weighted by Crippen LogP contribution is -2.46. The Hall–Kier alpha value is -2.18. The van der Waals surface area contributed by atoms with E-state index in [2.05, 4.69) is 44.4 Å². The zero-order valence-electron chi connectivity index (χ0n) is 34.1. The van der Waals surface area contributed by atoms with Gasteiger partial charge in [-0.05, 0) is 56.8 Å².